The Morgan fingerprint density at radius 1 is 1.19 bits per heavy atom. The molecule has 0 aliphatic heterocycles. The lowest BCUT2D eigenvalue weighted by atomic mass is 9.75. The van der Waals surface area contributed by atoms with Crippen LogP contribution in [0.1, 0.15) is 45.0 Å². The average Bonchev–Trinajstić information content (AvgIpc) is 2.37. The molecule has 1 aromatic rings. The number of ether oxygens (including phenoxy) is 1. The molecule has 5 heteroatoms. The third kappa shape index (κ3) is 4.28. The fourth-order valence-corrected chi connectivity index (χ4v) is 2.09. The summed E-state index contributed by atoms with van der Waals surface area (Å²) in [7, 11) is 1.60. The van der Waals surface area contributed by atoms with Crippen LogP contribution in [0.4, 0.5) is 0 Å². The quantitative estimate of drug-likeness (QED) is 0.798. The van der Waals surface area contributed by atoms with E-state index in [1.165, 1.54) is 22.9 Å². The van der Waals surface area contributed by atoms with Crippen molar-refractivity contribution in [3.63, 3.8) is 0 Å². The van der Waals surface area contributed by atoms with E-state index in [1.54, 1.807) is 20.9 Å². The van der Waals surface area contributed by atoms with Crippen LogP contribution in [0.3, 0.4) is 0 Å². The Kier molecular flexibility index (Phi) is 4.76. The molecule has 0 atom stereocenters. The first-order valence-corrected chi connectivity index (χ1v) is 6.84. The summed E-state index contributed by atoms with van der Waals surface area (Å²) < 4.78 is 6.56. The number of esters is 1. The number of rotatable bonds is 4. The van der Waals surface area contributed by atoms with Gasteiger partial charge in [0, 0.05) is 24.7 Å². The topological polar surface area (TPSA) is 65.4 Å². The maximum Gasteiger partial charge on any atom is 0.338 e. The highest BCUT2D eigenvalue weighted by Gasteiger charge is 2.37. The van der Waals surface area contributed by atoms with Crippen LogP contribution >= 0.6 is 0 Å². The van der Waals surface area contributed by atoms with Gasteiger partial charge in [-0.3, -0.25) is 9.59 Å². The molecule has 0 aliphatic carbocycles. The van der Waals surface area contributed by atoms with Gasteiger partial charge in [-0.05, 0) is 19.9 Å². The monoisotopic (exact) mass is 293 g/mol. The Morgan fingerprint density at radius 2 is 1.76 bits per heavy atom. The third-order valence-electron chi connectivity index (χ3n) is 3.20. The molecule has 0 aromatic carbocycles. The van der Waals surface area contributed by atoms with E-state index in [0.717, 1.165) is 0 Å². The second-order valence-corrected chi connectivity index (χ2v) is 6.90. The van der Waals surface area contributed by atoms with Crippen LogP contribution in [0.5, 0.6) is 0 Å². The van der Waals surface area contributed by atoms with Gasteiger partial charge in [-0.15, -0.1) is 0 Å². The maximum atomic E-state index is 12.3. The van der Waals surface area contributed by atoms with Crippen LogP contribution in [0.15, 0.2) is 23.1 Å². The molecule has 0 unspecified atom stereocenters. The molecule has 1 aromatic heterocycles. The van der Waals surface area contributed by atoms with Crippen molar-refractivity contribution in [3.8, 4) is 0 Å². The molecule has 0 aliphatic rings. The van der Waals surface area contributed by atoms with Gasteiger partial charge < -0.3 is 9.30 Å². The number of carbonyl (C=O) groups excluding carboxylic acids is 2. The molecule has 0 radical (unpaired) electrons. The standard InChI is InChI=1S/C16H23NO4/c1-15(2,3)14(20)16(4,5)10-21-13(19)11-7-8-17(6)12(18)9-11/h7-9H,10H2,1-6H3. The second kappa shape index (κ2) is 5.84. The molecule has 0 N–H and O–H groups in total. The molecule has 1 rings (SSSR count). The Bertz CT molecular complexity index is 605. The van der Waals surface area contributed by atoms with Crippen molar-refractivity contribution in [1.29, 1.82) is 0 Å². The Labute approximate surface area is 124 Å². The summed E-state index contributed by atoms with van der Waals surface area (Å²) in [6.07, 6.45) is 1.50. The molecule has 0 fully saturated rings. The predicted molar refractivity (Wildman–Crippen MR) is 80.2 cm³/mol. The minimum atomic E-state index is -0.770. The number of hydrogen-bond donors (Lipinski definition) is 0. The van der Waals surface area contributed by atoms with E-state index in [1.807, 2.05) is 20.8 Å². The summed E-state index contributed by atoms with van der Waals surface area (Å²) in [6.45, 7) is 8.98. The van der Waals surface area contributed by atoms with Crippen molar-refractivity contribution >= 4 is 11.8 Å². The van der Waals surface area contributed by atoms with Gasteiger partial charge in [-0.2, -0.15) is 0 Å². The van der Waals surface area contributed by atoms with Crippen molar-refractivity contribution in [2.24, 2.45) is 17.9 Å². The smallest absolute Gasteiger partial charge is 0.338 e. The first kappa shape index (κ1) is 17.1. The van der Waals surface area contributed by atoms with E-state index in [9.17, 15) is 14.4 Å². The first-order valence-electron chi connectivity index (χ1n) is 6.84. The summed E-state index contributed by atoms with van der Waals surface area (Å²) in [5, 5.41) is 0. The summed E-state index contributed by atoms with van der Waals surface area (Å²) in [4.78, 5) is 35.7. The van der Waals surface area contributed by atoms with E-state index in [-0.39, 0.29) is 23.5 Å². The van der Waals surface area contributed by atoms with Crippen molar-refractivity contribution in [3.05, 3.63) is 34.2 Å². The molecule has 1 heterocycles. The van der Waals surface area contributed by atoms with Crippen molar-refractivity contribution in [2.75, 3.05) is 6.61 Å². The summed E-state index contributed by atoms with van der Waals surface area (Å²) in [6, 6.07) is 2.74. The number of aromatic nitrogens is 1. The van der Waals surface area contributed by atoms with Gasteiger partial charge in [-0.1, -0.05) is 20.8 Å². The molecule has 0 bridgehead atoms. The average molecular weight is 293 g/mol. The van der Waals surface area contributed by atoms with E-state index in [0.29, 0.717) is 0 Å². The van der Waals surface area contributed by atoms with Gasteiger partial charge in [0.05, 0.1) is 11.0 Å². The Balaban J connectivity index is 2.78. The number of aryl methyl sites for hydroxylation is 1. The van der Waals surface area contributed by atoms with E-state index < -0.39 is 16.8 Å². The van der Waals surface area contributed by atoms with Crippen LogP contribution in [0, 0.1) is 10.8 Å². The molecule has 0 saturated heterocycles. The van der Waals surface area contributed by atoms with Gasteiger partial charge in [0.1, 0.15) is 12.4 Å². The summed E-state index contributed by atoms with van der Waals surface area (Å²) >= 11 is 0. The van der Waals surface area contributed by atoms with E-state index in [2.05, 4.69) is 0 Å². The van der Waals surface area contributed by atoms with Gasteiger partial charge in [-0.25, -0.2) is 4.79 Å². The largest absolute Gasteiger partial charge is 0.461 e. The maximum absolute atomic E-state index is 12.3. The summed E-state index contributed by atoms with van der Waals surface area (Å²) in [5.74, 6) is -0.575. The van der Waals surface area contributed by atoms with Gasteiger partial charge in [0.15, 0.2) is 0 Å². The lowest BCUT2D eigenvalue weighted by Crippen LogP contribution is -2.38. The molecule has 0 saturated carbocycles. The zero-order valence-corrected chi connectivity index (χ0v) is 13.5. The number of hydrogen-bond acceptors (Lipinski definition) is 4. The molecular weight excluding hydrogens is 270 g/mol. The molecule has 21 heavy (non-hydrogen) atoms. The van der Waals surface area contributed by atoms with Gasteiger partial charge >= 0.3 is 5.97 Å². The number of Topliss-reactive ketones (excluding diaryl/α,β-unsaturated/α-hetero) is 1. The van der Waals surface area contributed by atoms with Gasteiger partial charge in [0.25, 0.3) is 5.56 Å². The normalized spacial score (nSPS) is 12.1. The molecule has 116 valence electrons. The molecule has 5 nitrogen and oxygen atoms in total. The van der Waals surface area contributed by atoms with E-state index in [4.69, 9.17) is 4.74 Å². The highest BCUT2D eigenvalue weighted by molar-refractivity contribution is 5.91. The van der Waals surface area contributed by atoms with Crippen molar-refractivity contribution in [2.45, 2.75) is 34.6 Å². The van der Waals surface area contributed by atoms with E-state index >= 15 is 0 Å². The van der Waals surface area contributed by atoms with Crippen molar-refractivity contribution in [1.82, 2.24) is 4.57 Å². The van der Waals surface area contributed by atoms with Crippen molar-refractivity contribution < 1.29 is 14.3 Å². The lowest BCUT2D eigenvalue weighted by Gasteiger charge is -2.30. The fraction of sp³-hybridized carbons (Fsp3) is 0.562. The Hall–Kier alpha value is -1.91. The fourth-order valence-electron chi connectivity index (χ4n) is 2.09. The van der Waals surface area contributed by atoms with Gasteiger partial charge in [0.2, 0.25) is 0 Å². The molecular formula is C16H23NO4. The highest BCUT2D eigenvalue weighted by atomic mass is 16.5. The molecule has 0 spiro atoms. The second-order valence-electron chi connectivity index (χ2n) is 6.90. The SMILES string of the molecule is Cn1ccc(C(=O)OCC(C)(C)C(=O)C(C)(C)C)cc1=O. The van der Waals surface area contributed by atoms with Crippen LogP contribution in [-0.2, 0) is 16.6 Å². The predicted octanol–water partition coefficient (Wildman–Crippen LogP) is 2.18. The molecule has 0 amide bonds. The minimum absolute atomic E-state index is 0.0167. The minimum Gasteiger partial charge on any atom is -0.461 e. The lowest BCUT2D eigenvalue weighted by molar-refractivity contribution is -0.137. The first-order chi connectivity index (χ1) is 9.45. The number of nitrogens with zero attached hydrogens (tertiary/aromatic N) is 1. The van der Waals surface area contributed by atoms with Crippen LogP contribution in [0.2, 0.25) is 0 Å². The van der Waals surface area contributed by atoms with Crippen LogP contribution in [0.25, 0.3) is 0 Å². The third-order valence-corrected chi connectivity index (χ3v) is 3.20. The highest BCUT2D eigenvalue weighted by Crippen LogP contribution is 2.29. The summed E-state index contributed by atoms with van der Waals surface area (Å²) in [5.41, 5.74) is -1.36. The number of pyridine rings is 1. The number of ketones is 1. The Morgan fingerprint density at radius 3 is 2.24 bits per heavy atom. The van der Waals surface area contributed by atoms with Crippen LogP contribution in [-0.4, -0.2) is 22.9 Å². The zero-order valence-electron chi connectivity index (χ0n) is 13.5. The zero-order chi connectivity index (χ0) is 16.4. The van der Waals surface area contributed by atoms with Crippen LogP contribution < -0.4 is 5.56 Å². The number of carbonyl (C=O) groups is 2.